The van der Waals surface area contributed by atoms with E-state index in [2.05, 4.69) is 0 Å². The molecule has 2 N–H and O–H groups in total. The molecule has 0 aliphatic carbocycles. The van der Waals surface area contributed by atoms with E-state index in [1.54, 1.807) is 0 Å². The van der Waals surface area contributed by atoms with E-state index in [-0.39, 0.29) is 17.5 Å². The van der Waals surface area contributed by atoms with Crippen molar-refractivity contribution in [3.63, 3.8) is 0 Å². The molecule has 0 radical (unpaired) electrons. The van der Waals surface area contributed by atoms with Gasteiger partial charge in [0.15, 0.2) is 9.84 Å². The van der Waals surface area contributed by atoms with Crippen LogP contribution in [0, 0.1) is 0 Å². The van der Waals surface area contributed by atoms with Crippen LogP contribution in [0.15, 0.2) is 30.3 Å². The van der Waals surface area contributed by atoms with E-state index in [0.29, 0.717) is 12.8 Å². The molecule has 16 heavy (non-hydrogen) atoms. The Morgan fingerprint density at radius 1 is 1.25 bits per heavy atom. The molecule has 0 aromatic heterocycles. The highest BCUT2D eigenvalue weighted by Crippen LogP contribution is 2.04. The maximum absolute atomic E-state index is 11.7. The molecular formula is C12H19NO2S. The highest BCUT2D eigenvalue weighted by atomic mass is 32.2. The lowest BCUT2D eigenvalue weighted by atomic mass is 10.2. The van der Waals surface area contributed by atoms with Crippen LogP contribution in [0.5, 0.6) is 0 Å². The average molecular weight is 241 g/mol. The van der Waals surface area contributed by atoms with Crippen LogP contribution in [0.2, 0.25) is 0 Å². The molecule has 1 unspecified atom stereocenters. The van der Waals surface area contributed by atoms with E-state index in [0.717, 1.165) is 5.56 Å². The molecule has 0 amide bonds. The monoisotopic (exact) mass is 241 g/mol. The standard InChI is InChI=1S/C12H19NO2S/c1-2-12(13)10-16(14,15)9-8-11-6-4-3-5-7-11/h3-7,12H,2,8-10,13H2,1H3. The van der Waals surface area contributed by atoms with Gasteiger partial charge in [0.05, 0.1) is 11.5 Å². The maximum Gasteiger partial charge on any atom is 0.152 e. The van der Waals surface area contributed by atoms with Gasteiger partial charge in [0.1, 0.15) is 0 Å². The third-order valence-electron chi connectivity index (χ3n) is 2.54. The van der Waals surface area contributed by atoms with Crippen LogP contribution in [-0.4, -0.2) is 26.0 Å². The summed E-state index contributed by atoms with van der Waals surface area (Å²) in [5, 5.41) is 0. The van der Waals surface area contributed by atoms with Crippen molar-refractivity contribution in [1.82, 2.24) is 0 Å². The van der Waals surface area contributed by atoms with E-state index in [4.69, 9.17) is 5.73 Å². The molecule has 0 bridgehead atoms. The molecule has 0 aliphatic heterocycles. The van der Waals surface area contributed by atoms with Gasteiger partial charge in [-0.05, 0) is 18.4 Å². The van der Waals surface area contributed by atoms with Gasteiger partial charge in [-0.15, -0.1) is 0 Å². The Morgan fingerprint density at radius 2 is 1.88 bits per heavy atom. The summed E-state index contributed by atoms with van der Waals surface area (Å²) in [6.07, 6.45) is 1.27. The van der Waals surface area contributed by atoms with Crippen molar-refractivity contribution in [2.24, 2.45) is 5.73 Å². The summed E-state index contributed by atoms with van der Waals surface area (Å²) in [4.78, 5) is 0. The molecule has 0 spiro atoms. The smallest absolute Gasteiger partial charge is 0.152 e. The first kappa shape index (κ1) is 13.2. The van der Waals surface area contributed by atoms with Crippen LogP contribution in [0.1, 0.15) is 18.9 Å². The number of aryl methyl sites for hydroxylation is 1. The zero-order valence-electron chi connectivity index (χ0n) is 9.59. The van der Waals surface area contributed by atoms with E-state index in [9.17, 15) is 8.42 Å². The maximum atomic E-state index is 11.7. The Morgan fingerprint density at radius 3 is 2.44 bits per heavy atom. The average Bonchev–Trinajstić information content (AvgIpc) is 2.27. The van der Waals surface area contributed by atoms with Crippen LogP contribution in [0.4, 0.5) is 0 Å². The highest BCUT2D eigenvalue weighted by molar-refractivity contribution is 7.91. The van der Waals surface area contributed by atoms with Crippen molar-refractivity contribution >= 4 is 9.84 Å². The zero-order chi connectivity index (χ0) is 12.0. The summed E-state index contributed by atoms with van der Waals surface area (Å²) in [6.45, 7) is 1.90. The summed E-state index contributed by atoms with van der Waals surface area (Å²) >= 11 is 0. The van der Waals surface area contributed by atoms with Gasteiger partial charge in [-0.3, -0.25) is 0 Å². The lowest BCUT2D eigenvalue weighted by molar-refractivity contribution is 0.583. The molecule has 0 fully saturated rings. The van der Waals surface area contributed by atoms with Crippen molar-refractivity contribution in [2.75, 3.05) is 11.5 Å². The number of sulfone groups is 1. The minimum atomic E-state index is -3.02. The zero-order valence-corrected chi connectivity index (χ0v) is 10.4. The Bertz CT molecular complexity index is 400. The largest absolute Gasteiger partial charge is 0.327 e. The van der Waals surface area contributed by atoms with Crippen LogP contribution < -0.4 is 5.73 Å². The lowest BCUT2D eigenvalue weighted by Crippen LogP contribution is -2.30. The van der Waals surface area contributed by atoms with E-state index in [1.165, 1.54) is 0 Å². The number of rotatable bonds is 6. The normalized spacial score (nSPS) is 13.6. The van der Waals surface area contributed by atoms with Crippen LogP contribution >= 0.6 is 0 Å². The summed E-state index contributed by atoms with van der Waals surface area (Å²) < 4.78 is 23.4. The fourth-order valence-electron chi connectivity index (χ4n) is 1.45. The summed E-state index contributed by atoms with van der Waals surface area (Å²) in [7, 11) is -3.02. The Kier molecular flexibility index (Phi) is 4.96. The first-order valence-corrected chi connectivity index (χ1v) is 7.35. The van der Waals surface area contributed by atoms with Crippen molar-refractivity contribution < 1.29 is 8.42 Å². The lowest BCUT2D eigenvalue weighted by Gasteiger charge is -2.09. The van der Waals surface area contributed by atoms with E-state index in [1.807, 2.05) is 37.3 Å². The molecule has 0 aliphatic rings. The molecular weight excluding hydrogens is 222 g/mol. The van der Waals surface area contributed by atoms with Gasteiger partial charge in [0.2, 0.25) is 0 Å². The molecule has 3 nitrogen and oxygen atoms in total. The topological polar surface area (TPSA) is 60.2 Å². The number of nitrogens with two attached hydrogens (primary N) is 1. The molecule has 90 valence electrons. The highest BCUT2D eigenvalue weighted by Gasteiger charge is 2.14. The van der Waals surface area contributed by atoms with Crippen LogP contribution in [0.3, 0.4) is 0 Å². The van der Waals surface area contributed by atoms with Crippen LogP contribution in [-0.2, 0) is 16.3 Å². The van der Waals surface area contributed by atoms with E-state index < -0.39 is 9.84 Å². The first-order valence-electron chi connectivity index (χ1n) is 5.53. The molecule has 0 heterocycles. The number of benzene rings is 1. The van der Waals surface area contributed by atoms with Gasteiger partial charge in [-0.2, -0.15) is 0 Å². The third-order valence-corrected chi connectivity index (χ3v) is 4.30. The fraction of sp³-hybridized carbons (Fsp3) is 0.500. The Labute approximate surface area is 97.6 Å². The Hall–Kier alpha value is -0.870. The number of hydrogen-bond acceptors (Lipinski definition) is 3. The van der Waals surface area contributed by atoms with Crippen molar-refractivity contribution in [3.05, 3.63) is 35.9 Å². The molecule has 4 heteroatoms. The second-order valence-corrected chi connectivity index (χ2v) is 6.25. The molecule has 1 atom stereocenters. The predicted molar refractivity (Wildman–Crippen MR) is 67.1 cm³/mol. The first-order chi connectivity index (χ1) is 7.53. The third kappa shape index (κ3) is 4.77. The minimum absolute atomic E-state index is 0.0936. The second-order valence-electron chi connectivity index (χ2n) is 4.02. The predicted octanol–water partition coefficient (Wildman–Crippen LogP) is 1.38. The molecule has 1 aromatic rings. The van der Waals surface area contributed by atoms with Gasteiger partial charge < -0.3 is 5.73 Å². The molecule has 1 aromatic carbocycles. The van der Waals surface area contributed by atoms with Crippen molar-refractivity contribution in [2.45, 2.75) is 25.8 Å². The minimum Gasteiger partial charge on any atom is -0.327 e. The van der Waals surface area contributed by atoms with E-state index >= 15 is 0 Å². The van der Waals surface area contributed by atoms with Gasteiger partial charge >= 0.3 is 0 Å². The Balaban J connectivity index is 2.49. The van der Waals surface area contributed by atoms with Gasteiger partial charge in [-0.25, -0.2) is 8.42 Å². The molecule has 0 saturated carbocycles. The molecule has 0 saturated heterocycles. The summed E-state index contributed by atoms with van der Waals surface area (Å²) in [6, 6.07) is 9.40. The number of hydrogen-bond donors (Lipinski definition) is 1. The molecule has 1 rings (SSSR count). The summed E-state index contributed by atoms with van der Waals surface area (Å²) in [5.41, 5.74) is 6.70. The van der Waals surface area contributed by atoms with Gasteiger partial charge in [0.25, 0.3) is 0 Å². The second kappa shape index (κ2) is 6.01. The van der Waals surface area contributed by atoms with Crippen molar-refractivity contribution in [1.29, 1.82) is 0 Å². The van der Waals surface area contributed by atoms with Gasteiger partial charge in [0, 0.05) is 6.04 Å². The fourth-order valence-corrected chi connectivity index (χ4v) is 3.05. The van der Waals surface area contributed by atoms with Crippen molar-refractivity contribution in [3.8, 4) is 0 Å². The SMILES string of the molecule is CCC(N)CS(=O)(=O)CCc1ccccc1. The quantitative estimate of drug-likeness (QED) is 0.818. The summed E-state index contributed by atoms with van der Waals surface area (Å²) in [5.74, 6) is 0.279. The van der Waals surface area contributed by atoms with Crippen LogP contribution in [0.25, 0.3) is 0 Å². The van der Waals surface area contributed by atoms with Gasteiger partial charge in [-0.1, -0.05) is 37.3 Å².